The molecule has 100 valence electrons. The highest BCUT2D eigenvalue weighted by Gasteiger charge is 2.11. The summed E-state index contributed by atoms with van der Waals surface area (Å²) in [6, 6.07) is 17.8. The number of ether oxygens (including phenoxy) is 2. The van der Waals surface area contributed by atoms with Gasteiger partial charge < -0.3 is 15.2 Å². The number of rotatable bonds is 6. The fraction of sp³-hybridized carbons (Fsp3) is 0.250. The third kappa shape index (κ3) is 3.48. The van der Waals surface area contributed by atoms with Crippen molar-refractivity contribution in [3.05, 3.63) is 60.2 Å². The van der Waals surface area contributed by atoms with Crippen molar-refractivity contribution in [2.24, 2.45) is 5.73 Å². The first-order valence-electron chi connectivity index (χ1n) is 6.36. The summed E-state index contributed by atoms with van der Waals surface area (Å²) in [6.45, 7) is 1.10. The summed E-state index contributed by atoms with van der Waals surface area (Å²) in [4.78, 5) is 0. The van der Waals surface area contributed by atoms with Gasteiger partial charge >= 0.3 is 0 Å². The molecule has 1 atom stereocenters. The molecule has 2 aromatic carbocycles. The molecule has 19 heavy (non-hydrogen) atoms. The Labute approximate surface area is 114 Å². The van der Waals surface area contributed by atoms with Crippen molar-refractivity contribution < 1.29 is 9.47 Å². The lowest BCUT2D eigenvalue weighted by atomic mass is 10.0. The molecule has 0 saturated heterocycles. The fourth-order valence-electron chi connectivity index (χ4n) is 1.95. The van der Waals surface area contributed by atoms with E-state index in [1.165, 1.54) is 5.56 Å². The Bertz CT molecular complexity index is 499. The van der Waals surface area contributed by atoms with Crippen molar-refractivity contribution in [2.45, 2.75) is 5.92 Å². The SMILES string of the molecule is COc1ccccc1OCC(CN)c1ccccc1. The van der Waals surface area contributed by atoms with Gasteiger partial charge in [0.15, 0.2) is 11.5 Å². The van der Waals surface area contributed by atoms with E-state index in [1.807, 2.05) is 42.5 Å². The van der Waals surface area contributed by atoms with E-state index in [0.29, 0.717) is 13.2 Å². The Morgan fingerprint density at radius 2 is 1.58 bits per heavy atom. The minimum Gasteiger partial charge on any atom is -0.493 e. The van der Waals surface area contributed by atoms with Crippen molar-refractivity contribution in [1.82, 2.24) is 0 Å². The molecule has 0 spiro atoms. The number of methoxy groups -OCH3 is 1. The molecule has 1 unspecified atom stereocenters. The number of para-hydroxylation sites is 2. The fourth-order valence-corrected chi connectivity index (χ4v) is 1.95. The Morgan fingerprint density at radius 1 is 0.947 bits per heavy atom. The smallest absolute Gasteiger partial charge is 0.161 e. The molecule has 0 bridgehead atoms. The van der Waals surface area contributed by atoms with E-state index in [1.54, 1.807) is 7.11 Å². The monoisotopic (exact) mass is 257 g/mol. The molecule has 3 heteroatoms. The van der Waals surface area contributed by atoms with Crippen LogP contribution in [0, 0.1) is 0 Å². The van der Waals surface area contributed by atoms with Crippen LogP contribution in [0.2, 0.25) is 0 Å². The van der Waals surface area contributed by atoms with Gasteiger partial charge in [-0.1, -0.05) is 42.5 Å². The second-order valence-corrected chi connectivity index (χ2v) is 4.31. The van der Waals surface area contributed by atoms with Gasteiger partial charge in [-0.15, -0.1) is 0 Å². The van der Waals surface area contributed by atoms with Crippen molar-refractivity contribution in [2.75, 3.05) is 20.3 Å². The lowest BCUT2D eigenvalue weighted by Gasteiger charge is -2.17. The Kier molecular flexibility index (Phi) is 4.81. The van der Waals surface area contributed by atoms with Gasteiger partial charge in [-0.3, -0.25) is 0 Å². The maximum absolute atomic E-state index is 5.83. The predicted octanol–water partition coefficient (Wildman–Crippen LogP) is 2.82. The summed E-state index contributed by atoms with van der Waals surface area (Å²) in [6.07, 6.45) is 0. The molecule has 2 N–H and O–H groups in total. The predicted molar refractivity (Wildman–Crippen MR) is 76.7 cm³/mol. The summed E-state index contributed by atoms with van der Waals surface area (Å²) >= 11 is 0. The number of benzene rings is 2. The molecule has 0 aliphatic rings. The maximum atomic E-state index is 5.83. The highest BCUT2D eigenvalue weighted by molar-refractivity contribution is 5.39. The van der Waals surface area contributed by atoms with E-state index in [4.69, 9.17) is 15.2 Å². The molecule has 0 aliphatic heterocycles. The van der Waals surface area contributed by atoms with Crippen LogP contribution in [0.5, 0.6) is 11.5 Å². The third-order valence-corrected chi connectivity index (χ3v) is 3.06. The first-order valence-corrected chi connectivity index (χ1v) is 6.36. The molecular formula is C16H19NO2. The number of hydrogen-bond donors (Lipinski definition) is 1. The quantitative estimate of drug-likeness (QED) is 0.865. The Morgan fingerprint density at radius 3 is 2.21 bits per heavy atom. The summed E-state index contributed by atoms with van der Waals surface area (Å²) < 4.78 is 11.1. The van der Waals surface area contributed by atoms with Crippen molar-refractivity contribution >= 4 is 0 Å². The van der Waals surface area contributed by atoms with Gasteiger partial charge in [0.05, 0.1) is 13.7 Å². The van der Waals surface area contributed by atoms with Gasteiger partial charge in [0, 0.05) is 12.5 Å². The van der Waals surface area contributed by atoms with Crippen molar-refractivity contribution in [1.29, 1.82) is 0 Å². The zero-order chi connectivity index (χ0) is 13.5. The van der Waals surface area contributed by atoms with Crippen LogP contribution in [0.3, 0.4) is 0 Å². The minimum atomic E-state index is 0.186. The van der Waals surface area contributed by atoms with E-state index < -0.39 is 0 Å². The number of hydrogen-bond acceptors (Lipinski definition) is 3. The van der Waals surface area contributed by atoms with E-state index >= 15 is 0 Å². The van der Waals surface area contributed by atoms with Crippen LogP contribution in [0.25, 0.3) is 0 Å². The second-order valence-electron chi connectivity index (χ2n) is 4.31. The van der Waals surface area contributed by atoms with Gasteiger partial charge in [-0.25, -0.2) is 0 Å². The molecule has 2 aromatic rings. The standard InChI is InChI=1S/C16H19NO2/c1-18-15-9-5-6-10-16(15)19-12-14(11-17)13-7-3-2-4-8-13/h2-10,14H,11-12,17H2,1H3. The molecular weight excluding hydrogens is 238 g/mol. The zero-order valence-corrected chi connectivity index (χ0v) is 11.1. The van der Waals surface area contributed by atoms with Crippen LogP contribution in [-0.2, 0) is 0 Å². The van der Waals surface area contributed by atoms with Crippen LogP contribution >= 0.6 is 0 Å². The summed E-state index contributed by atoms with van der Waals surface area (Å²) in [5.74, 6) is 1.68. The molecule has 0 aromatic heterocycles. The Hall–Kier alpha value is -2.00. The first-order chi connectivity index (χ1) is 9.35. The lowest BCUT2D eigenvalue weighted by molar-refractivity contribution is 0.273. The van der Waals surface area contributed by atoms with Crippen LogP contribution in [-0.4, -0.2) is 20.3 Å². The largest absolute Gasteiger partial charge is 0.493 e. The van der Waals surface area contributed by atoms with Crippen LogP contribution in [0.15, 0.2) is 54.6 Å². The molecule has 2 rings (SSSR count). The van der Waals surface area contributed by atoms with Gasteiger partial charge in [0.25, 0.3) is 0 Å². The average molecular weight is 257 g/mol. The molecule has 0 radical (unpaired) electrons. The first kappa shape index (κ1) is 13.4. The minimum absolute atomic E-state index is 0.186. The number of nitrogens with two attached hydrogens (primary N) is 1. The normalized spacial score (nSPS) is 11.9. The highest BCUT2D eigenvalue weighted by atomic mass is 16.5. The van der Waals surface area contributed by atoms with Crippen molar-refractivity contribution in [3.8, 4) is 11.5 Å². The van der Waals surface area contributed by atoms with Crippen LogP contribution in [0.4, 0.5) is 0 Å². The third-order valence-electron chi connectivity index (χ3n) is 3.06. The molecule has 3 nitrogen and oxygen atoms in total. The molecule has 0 fully saturated rings. The van der Waals surface area contributed by atoms with Crippen LogP contribution < -0.4 is 15.2 Å². The van der Waals surface area contributed by atoms with Gasteiger partial charge in [-0.2, -0.15) is 0 Å². The second kappa shape index (κ2) is 6.81. The van der Waals surface area contributed by atoms with E-state index in [-0.39, 0.29) is 5.92 Å². The van der Waals surface area contributed by atoms with Gasteiger partial charge in [0.2, 0.25) is 0 Å². The summed E-state index contributed by atoms with van der Waals surface area (Å²) in [5.41, 5.74) is 7.02. The van der Waals surface area contributed by atoms with E-state index in [0.717, 1.165) is 11.5 Å². The zero-order valence-electron chi connectivity index (χ0n) is 11.1. The highest BCUT2D eigenvalue weighted by Crippen LogP contribution is 2.27. The average Bonchev–Trinajstić information content (AvgIpc) is 2.49. The van der Waals surface area contributed by atoms with Gasteiger partial charge in [-0.05, 0) is 17.7 Å². The summed E-state index contributed by atoms with van der Waals surface area (Å²) in [7, 11) is 1.64. The summed E-state index contributed by atoms with van der Waals surface area (Å²) in [5, 5.41) is 0. The molecule has 0 saturated carbocycles. The molecule has 0 aliphatic carbocycles. The lowest BCUT2D eigenvalue weighted by Crippen LogP contribution is -2.19. The Balaban J connectivity index is 2.04. The van der Waals surface area contributed by atoms with Crippen LogP contribution in [0.1, 0.15) is 11.5 Å². The van der Waals surface area contributed by atoms with E-state index in [9.17, 15) is 0 Å². The topological polar surface area (TPSA) is 44.5 Å². The molecule has 0 amide bonds. The van der Waals surface area contributed by atoms with E-state index in [2.05, 4.69) is 12.1 Å². The maximum Gasteiger partial charge on any atom is 0.161 e. The van der Waals surface area contributed by atoms with Gasteiger partial charge in [0.1, 0.15) is 0 Å². The van der Waals surface area contributed by atoms with Crippen molar-refractivity contribution in [3.63, 3.8) is 0 Å². The molecule has 0 heterocycles.